The van der Waals surface area contributed by atoms with E-state index >= 15 is 0 Å². The standard InChI is InChI=1S/C10H16N2O2/c1-3-9(10(13)14)5-8-6-11-12(4-2)7-8/h6-7,9H,3-5H2,1-2H3,(H,13,14). The number of rotatable bonds is 5. The van der Waals surface area contributed by atoms with Crippen LogP contribution in [0.25, 0.3) is 0 Å². The molecular weight excluding hydrogens is 180 g/mol. The number of aromatic nitrogens is 2. The molecule has 78 valence electrons. The molecule has 0 aliphatic heterocycles. The van der Waals surface area contributed by atoms with Crippen molar-refractivity contribution in [2.24, 2.45) is 5.92 Å². The Balaban J connectivity index is 2.62. The summed E-state index contributed by atoms with van der Waals surface area (Å²) in [4.78, 5) is 10.8. The lowest BCUT2D eigenvalue weighted by Gasteiger charge is -2.06. The summed E-state index contributed by atoms with van der Waals surface area (Å²) in [5, 5.41) is 13.0. The number of hydrogen-bond donors (Lipinski definition) is 1. The minimum absolute atomic E-state index is 0.287. The van der Waals surface area contributed by atoms with Crippen molar-refractivity contribution < 1.29 is 9.90 Å². The first-order valence-corrected chi connectivity index (χ1v) is 4.91. The zero-order chi connectivity index (χ0) is 10.6. The molecule has 0 bridgehead atoms. The highest BCUT2D eigenvalue weighted by atomic mass is 16.4. The van der Waals surface area contributed by atoms with Crippen LogP contribution in [0.1, 0.15) is 25.8 Å². The summed E-state index contributed by atoms with van der Waals surface area (Å²) in [6.07, 6.45) is 4.89. The van der Waals surface area contributed by atoms with E-state index < -0.39 is 5.97 Å². The topological polar surface area (TPSA) is 55.1 Å². The third kappa shape index (κ3) is 2.58. The van der Waals surface area contributed by atoms with Gasteiger partial charge in [-0.25, -0.2) is 0 Å². The summed E-state index contributed by atoms with van der Waals surface area (Å²) >= 11 is 0. The summed E-state index contributed by atoms with van der Waals surface area (Å²) in [5.74, 6) is -1.01. The van der Waals surface area contributed by atoms with Crippen LogP contribution in [0.2, 0.25) is 0 Å². The molecule has 1 rings (SSSR count). The van der Waals surface area contributed by atoms with Gasteiger partial charge in [0.25, 0.3) is 0 Å². The van der Waals surface area contributed by atoms with E-state index in [2.05, 4.69) is 5.10 Å². The third-order valence-electron chi connectivity index (χ3n) is 2.33. The first-order chi connectivity index (χ1) is 6.67. The molecule has 1 atom stereocenters. The van der Waals surface area contributed by atoms with Gasteiger partial charge in [-0.15, -0.1) is 0 Å². The average molecular weight is 196 g/mol. The molecule has 0 aliphatic carbocycles. The Morgan fingerprint density at radius 1 is 1.64 bits per heavy atom. The molecule has 0 aliphatic rings. The second kappa shape index (κ2) is 4.79. The fourth-order valence-corrected chi connectivity index (χ4v) is 1.38. The van der Waals surface area contributed by atoms with Crippen LogP contribution in [-0.2, 0) is 17.8 Å². The number of carbonyl (C=O) groups is 1. The largest absolute Gasteiger partial charge is 0.481 e. The quantitative estimate of drug-likeness (QED) is 0.777. The highest BCUT2D eigenvalue weighted by Gasteiger charge is 2.16. The molecular formula is C10H16N2O2. The van der Waals surface area contributed by atoms with Gasteiger partial charge in [-0.1, -0.05) is 6.92 Å². The van der Waals surface area contributed by atoms with Crippen molar-refractivity contribution in [2.75, 3.05) is 0 Å². The predicted octanol–water partition coefficient (Wildman–Crippen LogP) is 1.56. The maximum absolute atomic E-state index is 10.8. The normalized spacial score (nSPS) is 12.7. The Hall–Kier alpha value is -1.32. The van der Waals surface area contributed by atoms with E-state index in [9.17, 15) is 4.79 Å². The highest BCUT2D eigenvalue weighted by molar-refractivity contribution is 5.70. The van der Waals surface area contributed by atoms with Crippen molar-refractivity contribution in [1.82, 2.24) is 9.78 Å². The number of aryl methyl sites for hydroxylation is 1. The summed E-state index contributed by atoms with van der Waals surface area (Å²) in [7, 11) is 0. The molecule has 1 aromatic heterocycles. The Labute approximate surface area is 83.5 Å². The van der Waals surface area contributed by atoms with Gasteiger partial charge in [0.05, 0.1) is 12.1 Å². The van der Waals surface area contributed by atoms with Gasteiger partial charge in [0.2, 0.25) is 0 Å². The van der Waals surface area contributed by atoms with E-state index in [0.29, 0.717) is 12.8 Å². The van der Waals surface area contributed by atoms with Gasteiger partial charge in [0.15, 0.2) is 0 Å². The fraction of sp³-hybridized carbons (Fsp3) is 0.600. The monoisotopic (exact) mass is 196 g/mol. The Kier molecular flexibility index (Phi) is 3.68. The van der Waals surface area contributed by atoms with Crippen molar-refractivity contribution in [3.63, 3.8) is 0 Å². The van der Waals surface area contributed by atoms with Crippen LogP contribution in [0.5, 0.6) is 0 Å². The maximum atomic E-state index is 10.8. The first-order valence-electron chi connectivity index (χ1n) is 4.91. The predicted molar refractivity (Wildman–Crippen MR) is 53.0 cm³/mol. The number of aliphatic carboxylic acids is 1. The zero-order valence-corrected chi connectivity index (χ0v) is 8.60. The van der Waals surface area contributed by atoms with Gasteiger partial charge in [0, 0.05) is 12.7 Å². The minimum Gasteiger partial charge on any atom is -0.481 e. The van der Waals surface area contributed by atoms with Gasteiger partial charge in [-0.3, -0.25) is 9.48 Å². The van der Waals surface area contributed by atoms with E-state index in [0.717, 1.165) is 12.1 Å². The summed E-state index contributed by atoms with van der Waals surface area (Å²) < 4.78 is 1.81. The van der Waals surface area contributed by atoms with Crippen LogP contribution in [0.3, 0.4) is 0 Å². The SMILES string of the molecule is CCC(Cc1cnn(CC)c1)C(=O)O. The summed E-state index contributed by atoms with van der Waals surface area (Å²) in [6.45, 7) is 4.72. The maximum Gasteiger partial charge on any atom is 0.306 e. The molecule has 0 radical (unpaired) electrons. The molecule has 1 N–H and O–H groups in total. The third-order valence-corrected chi connectivity index (χ3v) is 2.33. The number of carboxylic acids is 1. The molecule has 0 fully saturated rings. The van der Waals surface area contributed by atoms with Crippen LogP contribution >= 0.6 is 0 Å². The summed E-state index contributed by atoms with van der Waals surface area (Å²) in [5.41, 5.74) is 1.00. The lowest BCUT2D eigenvalue weighted by Crippen LogP contribution is -2.14. The second-order valence-electron chi connectivity index (χ2n) is 3.35. The molecule has 1 heterocycles. The lowest BCUT2D eigenvalue weighted by atomic mass is 9.99. The molecule has 0 aromatic carbocycles. The van der Waals surface area contributed by atoms with Crippen LogP contribution in [-0.4, -0.2) is 20.9 Å². The fourth-order valence-electron chi connectivity index (χ4n) is 1.38. The van der Waals surface area contributed by atoms with Crippen molar-refractivity contribution in [1.29, 1.82) is 0 Å². The molecule has 14 heavy (non-hydrogen) atoms. The van der Waals surface area contributed by atoms with Crippen molar-refractivity contribution in [3.05, 3.63) is 18.0 Å². The average Bonchev–Trinajstić information content (AvgIpc) is 2.61. The van der Waals surface area contributed by atoms with Gasteiger partial charge in [-0.05, 0) is 25.3 Å². The van der Waals surface area contributed by atoms with Crippen molar-refractivity contribution >= 4 is 5.97 Å². The van der Waals surface area contributed by atoms with Gasteiger partial charge in [0.1, 0.15) is 0 Å². The molecule has 4 nitrogen and oxygen atoms in total. The Morgan fingerprint density at radius 3 is 2.79 bits per heavy atom. The number of hydrogen-bond acceptors (Lipinski definition) is 2. The summed E-state index contributed by atoms with van der Waals surface area (Å²) in [6, 6.07) is 0. The van der Waals surface area contributed by atoms with E-state index in [-0.39, 0.29) is 5.92 Å². The van der Waals surface area contributed by atoms with Crippen molar-refractivity contribution in [2.45, 2.75) is 33.2 Å². The Morgan fingerprint density at radius 2 is 2.36 bits per heavy atom. The van der Waals surface area contributed by atoms with Crippen LogP contribution in [0, 0.1) is 5.92 Å². The molecule has 0 saturated heterocycles. The van der Waals surface area contributed by atoms with Crippen molar-refractivity contribution in [3.8, 4) is 0 Å². The minimum atomic E-state index is -0.725. The van der Waals surface area contributed by atoms with Crippen LogP contribution < -0.4 is 0 Å². The molecule has 0 amide bonds. The highest BCUT2D eigenvalue weighted by Crippen LogP contribution is 2.11. The molecule has 1 aromatic rings. The lowest BCUT2D eigenvalue weighted by molar-refractivity contribution is -0.141. The van der Waals surface area contributed by atoms with Gasteiger partial charge >= 0.3 is 5.97 Å². The zero-order valence-electron chi connectivity index (χ0n) is 8.60. The Bertz CT molecular complexity index is 307. The van der Waals surface area contributed by atoms with E-state index in [1.807, 2.05) is 24.7 Å². The van der Waals surface area contributed by atoms with E-state index in [1.54, 1.807) is 6.20 Å². The van der Waals surface area contributed by atoms with E-state index in [1.165, 1.54) is 0 Å². The van der Waals surface area contributed by atoms with Gasteiger partial charge < -0.3 is 5.11 Å². The van der Waals surface area contributed by atoms with Crippen LogP contribution in [0.4, 0.5) is 0 Å². The van der Waals surface area contributed by atoms with Gasteiger partial charge in [-0.2, -0.15) is 5.10 Å². The first kappa shape index (κ1) is 10.8. The van der Waals surface area contributed by atoms with E-state index in [4.69, 9.17) is 5.11 Å². The second-order valence-corrected chi connectivity index (χ2v) is 3.35. The number of carboxylic acid groups (broad SMARTS) is 1. The smallest absolute Gasteiger partial charge is 0.306 e. The van der Waals surface area contributed by atoms with Crippen LogP contribution in [0.15, 0.2) is 12.4 Å². The molecule has 1 unspecified atom stereocenters. The molecule has 0 spiro atoms. The molecule has 4 heteroatoms. The molecule has 0 saturated carbocycles. The number of nitrogens with zero attached hydrogens (tertiary/aromatic N) is 2.